The topological polar surface area (TPSA) is 61.4 Å². The molecule has 0 atom stereocenters. The quantitative estimate of drug-likeness (QED) is 0.187. The van der Waals surface area contributed by atoms with Gasteiger partial charge in [-0.1, -0.05) is 97.1 Å². The molecule has 6 nitrogen and oxygen atoms in total. The molecular formula is C44H26N6S. The third-order valence-electron chi connectivity index (χ3n) is 9.85. The number of hydrogen-bond acceptors (Lipinski definition) is 5. The minimum absolute atomic E-state index is 0.570. The first-order valence-electron chi connectivity index (χ1n) is 16.9. The Morgan fingerprint density at radius 2 is 1.10 bits per heavy atom. The van der Waals surface area contributed by atoms with E-state index in [1.165, 1.54) is 25.6 Å². The number of rotatable bonds is 4. The molecule has 0 spiro atoms. The van der Waals surface area contributed by atoms with Gasteiger partial charge in [0.1, 0.15) is 5.65 Å². The van der Waals surface area contributed by atoms with Crippen LogP contribution in [-0.2, 0) is 0 Å². The van der Waals surface area contributed by atoms with Gasteiger partial charge in [0, 0.05) is 59.0 Å². The maximum absolute atomic E-state index is 5.34. The van der Waals surface area contributed by atoms with Crippen LogP contribution in [0.25, 0.3) is 98.3 Å². The Kier molecular flexibility index (Phi) is 6.02. The highest BCUT2D eigenvalue weighted by atomic mass is 32.1. The zero-order valence-corrected chi connectivity index (χ0v) is 27.9. The van der Waals surface area contributed by atoms with Crippen molar-refractivity contribution in [2.75, 3.05) is 0 Å². The van der Waals surface area contributed by atoms with E-state index in [4.69, 9.17) is 19.9 Å². The fourth-order valence-corrected chi connectivity index (χ4v) is 8.72. The lowest BCUT2D eigenvalue weighted by Gasteiger charge is -2.14. The van der Waals surface area contributed by atoms with Gasteiger partial charge in [-0.2, -0.15) is 9.97 Å². The van der Waals surface area contributed by atoms with Crippen LogP contribution in [0.1, 0.15) is 0 Å². The van der Waals surface area contributed by atoms with Crippen LogP contribution < -0.4 is 0 Å². The van der Waals surface area contributed by atoms with E-state index >= 15 is 0 Å². The van der Waals surface area contributed by atoms with E-state index in [1.807, 2.05) is 47.9 Å². The highest BCUT2D eigenvalue weighted by Crippen LogP contribution is 2.41. The third-order valence-corrected chi connectivity index (χ3v) is 11.0. The molecule has 5 heterocycles. The molecule has 0 radical (unpaired) electrons. The lowest BCUT2D eigenvalue weighted by Crippen LogP contribution is -2.08. The molecule has 11 rings (SSSR count). The van der Waals surface area contributed by atoms with Crippen molar-refractivity contribution in [3.63, 3.8) is 0 Å². The van der Waals surface area contributed by atoms with E-state index in [2.05, 4.69) is 130 Å². The Balaban J connectivity index is 1.22. The van der Waals surface area contributed by atoms with E-state index < -0.39 is 0 Å². The number of aromatic nitrogens is 6. The molecule has 0 amide bonds. The first-order chi connectivity index (χ1) is 25.3. The predicted octanol–water partition coefficient (Wildman–Crippen LogP) is 11.2. The first-order valence-corrected chi connectivity index (χ1v) is 17.7. The van der Waals surface area contributed by atoms with E-state index in [9.17, 15) is 0 Å². The number of para-hydroxylation sites is 3. The molecule has 0 aliphatic rings. The van der Waals surface area contributed by atoms with Crippen LogP contribution in [0.2, 0.25) is 0 Å². The minimum atomic E-state index is 0.570. The summed E-state index contributed by atoms with van der Waals surface area (Å²) in [6.07, 6.45) is 1.85. The second-order valence-electron chi connectivity index (χ2n) is 12.7. The van der Waals surface area contributed by atoms with Crippen LogP contribution in [-0.4, -0.2) is 29.1 Å². The van der Waals surface area contributed by atoms with Crippen molar-refractivity contribution in [2.24, 2.45) is 0 Å². The lowest BCUT2D eigenvalue weighted by molar-refractivity contribution is 0.952. The summed E-state index contributed by atoms with van der Waals surface area (Å²) in [4.78, 5) is 20.6. The normalized spacial score (nSPS) is 11.9. The van der Waals surface area contributed by atoms with Crippen molar-refractivity contribution >= 4 is 75.3 Å². The molecule has 0 N–H and O–H groups in total. The molecule has 238 valence electrons. The third kappa shape index (κ3) is 4.22. The Morgan fingerprint density at radius 1 is 0.431 bits per heavy atom. The number of thiophene rings is 1. The Bertz CT molecular complexity index is 3100. The van der Waals surface area contributed by atoms with Crippen molar-refractivity contribution in [2.45, 2.75) is 0 Å². The summed E-state index contributed by atoms with van der Waals surface area (Å²) in [7, 11) is 0. The van der Waals surface area contributed by atoms with E-state index in [0.29, 0.717) is 17.6 Å². The van der Waals surface area contributed by atoms with Crippen LogP contribution in [0.3, 0.4) is 0 Å². The molecule has 5 aromatic heterocycles. The molecular weight excluding hydrogens is 645 g/mol. The number of nitrogens with zero attached hydrogens (tertiary/aromatic N) is 6. The first kappa shape index (κ1) is 28.2. The molecule has 7 heteroatoms. The summed E-state index contributed by atoms with van der Waals surface area (Å²) in [5, 5.41) is 7.12. The molecule has 0 saturated carbocycles. The summed E-state index contributed by atoms with van der Waals surface area (Å²) in [6, 6.07) is 52.9. The van der Waals surface area contributed by atoms with Gasteiger partial charge in [0.25, 0.3) is 0 Å². The molecule has 0 unspecified atom stereocenters. The van der Waals surface area contributed by atoms with Crippen LogP contribution in [0.5, 0.6) is 0 Å². The molecule has 51 heavy (non-hydrogen) atoms. The largest absolute Gasteiger partial charge is 0.293 e. The molecule has 0 fully saturated rings. The fraction of sp³-hybridized carbons (Fsp3) is 0. The highest BCUT2D eigenvalue weighted by Gasteiger charge is 2.22. The van der Waals surface area contributed by atoms with Gasteiger partial charge in [-0.25, -0.2) is 9.97 Å². The summed E-state index contributed by atoms with van der Waals surface area (Å²) in [6.45, 7) is 0. The highest BCUT2D eigenvalue weighted by molar-refractivity contribution is 7.25. The van der Waals surface area contributed by atoms with Crippen LogP contribution in [0.15, 0.2) is 158 Å². The maximum Gasteiger partial charge on any atom is 0.238 e. The average molecular weight is 671 g/mol. The number of hydrogen-bond donors (Lipinski definition) is 0. The molecule has 0 aliphatic heterocycles. The number of benzene rings is 6. The smallest absolute Gasteiger partial charge is 0.238 e. The van der Waals surface area contributed by atoms with Crippen molar-refractivity contribution in [1.82, 2.24) is 29.1 Å². The second kappa shape index (κ2) is 10.9. The second-order valence-corrected chi connectivity index (χ2v) is 13.8. The standard InChI is InChI=1S/C44H26N6S/c1-2-13-27(14-3-1)41-46-42(32-18-6-10-22-37(32)49-35-20-8-4-15-28(35)31-19-12-24-45-43(31)49)48-44(47-41)50-36-21-9-5-16-29(36)33-25-34-30-17-7-11-23-39(30)51-40(34)26-38(33)50/h1-26H. The maximum atomic E-state index is 5.34. The summed E-state index contributed by atoms with van der Waals surface area (Å²) >= 11 is 1.82. The summed E-state index contributed by atoms with van der Waals surface area (Å²) in [5.74, 6) is 1.77. The van der Waals surface area contributed by atoms with Crippen molar-refractivity contribution < 1.29 is 0 Å². The van der Waals surface area contributed by atoms with Gasteiger partial charge in [-0.15, -0.1) is 11.3 Å². The fourth-order valence-electron chi connectivity index (χ4n) is 7.60. The Hall–Kier alpha value is -6.70. The zero-order valence-electron chi connectivity index (χ0n) is 27.1. The Morgan fingerprint density at radius 3 is 1.96 bits per heavy atom. The molecule has 0 aliphatic carbocycles. The van der Waals surface area contributed by atoms with Crippen LogP contribution in [0.4, 0.5) is 0 Å². The molecule has 0 bridgehead atoms. The van der Waals surface area contributed by atoms with Gasteiger partial charge in [-0.3, -0.25) is 9.13 Å². The Labute approximate surface area is 295 Å². The SMILES string of the molecule is c1ccc(-c2nc(-c3ccccc3-n3c4ccccc4c4cccnc43)nc(-n3c4ccccc4c4cc5c(cc43)sc3ccccc35)n2)cc1. The lowest BCUT2D eigenvalue weighted by atomic mass is 10.1. The molecule has 11 aromatic rings. The van der Waals surface area contributed by atoms with E-state index in [0.717, 1.165) is 55.2 Å². The van der Waals surface area contributed by atoms with Gasteiger partial charge in [0.05, 0.1) is 22.2 Å². The van der Waals surface area contributed by atoms with E-state index in [1.54, 1.807) is 0 Å². The van der Waals surface area contributed by atoms with E-state index in [-0.39, 0.29) is 0 Å². The van der Waals surface area contributed by atoms with Gasteiger partial charge < -0.3 is 0 Å². The monoisotopic (exact) mass is 670 g/mol. The van der Waals surface area contributed by atoms with Crippen LogP contribution in [0, 0.1) is 0 Å². The van der Waals surface area contributed by atoms with Gasteiger partial charge in [0.15, 0.2) is 11.6 Å². The predicted molar refractivity (Wildman–Crippen MR) is 210 cm³/mol. The van der Waals surface area contributed by atoms with Crippen LogP contribution >= 0.6 is 11.3 Å². The summed E-state index contributed by atoms with van der Waals surface area (Å²) < 4.78 is 6.94. The van der Waals surface area contributed by atoms with Crippen molar-refractivity contribution in [3.8, 4) is 34.4 Å². The van der Waals surface area contributed by atoms with Gasteiger partial charge >= 0.3 is 0 Å². The zero-order chi connectivity index (χ0) is 33.5. The van der Waals surface area contributed by atoms with Crippen molar-refractivity contribution in [1.29, 1.82) is 0 Å². The molecule has 6 aromatic carbocycles. The average Bonchev–Trinajstić information content (AvgIpc) is 3.84. The van der Waals surface area contributed by atoms with Crippen molar-refractivity contribution in [3.05, 3.63) is 158 Å². The molecule has 0 saturated heterocycles. The number of pyridine rings is 1. The van der Waals surface area contributed by atoms with Gasteiger partial charge in [0.2, 0.25) is 5.95 Å². The van der Waals surface area contributed by atoms with Gasteiger partial charge in [-0.05, 0) is 54.6 Å². The summed E-state index contributed by atoms with van der Waals surface area (Å²) in [5.41, 5.74) is 6.83. The number of fused-ring (bicyclic) bond motifs is 9. The minimum Gasteiger partial charge on any atom is -0.293 e.